The summed E-state index contributed by atoms with van der Waals surface area (Å²) in [5, 5.41) is 16.0. The Morgan fingerprint density at radius 3 is 2.45 bits per heavy atom. The van der Waals surface area contributed by atoms with Gasteiger partial charge in [0.15, 0.2) is 18.1 Å². The van der Waals surface area contributed by atoms with Crippen molar-refractivity contribution in [2.45, 2.75) is 19.9 Å². The molecule has 2 aromatic carbocycles. The number of hydrazone groups is 1. The zero-order valence-corrected chi connectivity index (χ0v) is 21.0. The van der Waals surface area contributed by atoms with Crippen molar-refractivity contribution >= 4 is 58.2 Å². The highest BCUT2D eigenvalue weighted by Crippen LogP contribution is 2.33. The van der Waals surface area contributed by atoms with E-state index in [-0.39, 0.29) is 5.92 Å². The summed E-state index contributed by atoms with van der Waals surface area (Å²) in [5.41, 5.74) is 3.40. The number of hydrogen-bond donors (Lipinski definition) is 3. The van der Waals surface area contributed by atoms with Gasteiger partial charge in [0, 0.05) is 10.6 Å². The minimum atomic E-state index is -1.11. The van der Waals surface area contributed by atoms with Gasteiger partial charge in [-0.25, -0.2) is 10.2 Å². The lowest BCUT2D eigenvalue weighted by Gasteiger charge is -2.20. The van der Waals surface area contributed by atoms with E-state index in [1.165, 1.54) is 13.3 Å². The standard InChI is InChI=1S/C22H23ClIN3O6/c1-12(2)19(26-21(30)14-4-6-15(23)7-5-14)22(31)27-25-10-13-8-16(24)20(17(9-13)32-3)33-11-18(28)29/h4-10,12,19H,11H2,1-3H3,(H,26,30)(H,27,31)(H,28,29). The zero-order valence-electron chi connectivity index (χ0n) is 18.1. The van der Waals surface area contributed by atoms with Crippen LogP contribution in [0.15, 0.2) is 41.5 Å². The second kappa shape index (κ2) is 12.4. The number of carboxylic acids is 1. The van der Waals surface area contributed by atoms with Crippen LogP contribution in [0, 0.1) is 9.49 Å². The fraction of sp³-hybridized carbons (Fsp3) is 0.273. The summed E-state index contributed by atoms with van der Waals surface area (Å²) in [4.78, 5) is 35.9. The summed E-state index contributed by atoms with van der Waals surface area (Å²) in [6.07, 6.45) is 1.40. The number of carboxylic acid groups (broad SMARTS) is 1. The Labute approximate surface area is 209 Å². The molecule has 0 radical (unpaired) electrons. The molecule has 1 unspecified atom stereocenters. The van der Waals surface area contributed by atoms with E-state index in [0.717, 1.165) is 0 Å². The summed E-state index contributed by atoms with van der Waals surface area (Å²) >= 11 is 7.83. The molecule has 0 aromatic heterocycles. The molecule has 33 heavy (non-hydrogen) atoms. The van der Waals surface area contributed by atoms with E-state index in [9.17, 15) is 14.4 Å². The molecule has 0 aliphatic heterocycles. The van der Waals surface area contributed by atoms with Crippen molar-refractivity contribution in [3.8, 4) is 11.5 Å². The number of nitrogens with zero attached hydrogens (tertiary/aromatic N) is 1. The van der Waals surface area contributed by atoms with E-state index in [0.29, 0.717) is 31.2 Å². The summed E-state index contributed by atoms with van der Waals surface area (Å²) in [6.45, 7) is 3.10. The smallest absolute Gasteiger partial charge is 0.341 e. The van der Waals surface area contributed by atoms with Crippen molar-refractivity contribution in [1.29, 1.82) is 0 Å². The van der Waals surface area contributed by atoms with Crippen LogP contribution in [0.4, 0.5) is 0 Å². The first kappa shape index (κ1) is 26.4. The lowest BCUT2D eigenvalue weighted by molar-refractivity contribution is -0.139. The van der Waals surface area contributed by atoms with Crippen molar-refractivity contribution in [2.75, 3.05) is 13.7 Å². The van der Waals surface area contributed by atoms with Gasteiger partial charge in [-0.2, -0.15) is 5.10 Å². The van der Waals surface area contributed by atoms with E-state index in [1.54, 1.807) is 50.2 Å². The largest absolute Gasteiger partial charge is 0.493 e. The molecule has 0 aliphatic carbocycles. The Balaban J connectivity index is 2.08. The number of aliphatic carboxylic acids is 1. The zero-order chi connectivity index (χ0) is 24.5. The number of halogens is 2. The monoisotopic (exact) mass is 587 g/mol. The van der Waals surface area contributed by atoms with Crippen LogP contribution < -0.4 is 20.2 Å². The average Bonchev–Trinajstić information content (AvgIpc) is 2.76. The molecule has 9 nitrogen and oxygen atoms in total. The fourth-order valence-electron chi connectivity index (χ4n) is 2.69. The highest BCUT2D eigenvalue weighted by Gasteiger charge is 2.24. The van der Waals surface area contributed by atoms with Crippen LogP contribution in [0.25, 0.3) is 0 Å². The Morgan fingerprint density at radius 2 is 1.88 bits per heavy atom. The quantitative estimate of drug-likeness (QED) is 0.222. The number of carbonyl (C=O) groups excluding carboxylic acids is 2. The van der Waals surface area contributed by atoms with Crippen LogP contribution in [0.1, 0.15) is 29.8 Å². The number of rotatable bonds is 10. The molecule has 1 atom stereocenters. The topological polar surface area (TPSA) is 126 Å². The molecule has 0 aliphatic rings. The van der Waals surface area contributed by atoms with Gasteiger partial charge in [-0.3, -0.25) is 9.59 Å². The number of methoxy groups -OCH3 is 1. The fourth-order valence-corrected chi connectivity index (χ4v) is 3.60. The van der Waals surface area contributed by atoms with Crippen molar-refractivity contribution in [1.82, 2.24) is 10.7 Å². The summed E-state index contributed by atoms with van der Waals surface area (Å²) in [5.74, 6) is -1.56. The maximum atomic E-state index is 12.6. The predicted molar refractivity (Wildman–Crippen MR) is 132 cm³/mol. The number of ether oxygens (including phenoxy) is 2. The molecule has 0 fully saturated rings. The van der Waals surface area contributed by atoms with Crippen molar-refractivity contribution in [3.05, 3.63) is 56.1 Å². The van der Waals surface area contributed by atoms with Crippen LogP contribution >= 0.6 is 34.2 Å². The van der Waals surface area contributed by atoms with E-state index in [1.807, 2.05) is 22.6 Å². The minimum Gasteiger partial charge on any atom is -0.493 e. The maximum Gasteiger partial charge on any atom is 0.341 e. The van der Waals surface area contributed by atoms with Crippen LogP contribution in [0.3, 0.4) is 0 Å². The minimum absolute atomic E-state index is 0.192. The number of nitrogens with one attached hydrogen (secondary N) is 2. The molecule has 2 aromatic rings. The third-order valence-corrected chi connectivity index (χ3v) is 5.38. The van der Waals surface area contributed by atoms with Crippen molar-refractivity contribution < 1.29 is 29.0 Å². The van der Waals surface area contributed by atoms with Crippen molar-refractivity contribution in [2.24, 2.45) is 11.0 Å². The molecule has 0 heterocycles. The van der Waals surface area contributed by atoms with Gasteiger partial charge in [-0.05, 0) is 70.5 Å². The van der Waals surface area contributed by atoms with Gasteiger partial charge >= 0.3 is 5.97 Å². The summed E-state index contributed by atoms with van der Waals surface area (Å²) in [7, 11) is 1.43. The van der Waals surface area contributed by atoms with Gasteiger partial charge in [0.1, 0.15) is 6.04 Å². The van der Waals surface area contributed by atoms with E-state index >= 15 is 0 Å². The molecule has 2 amide bonds. The first-order valence-corrected chi connectivity index (χ1v) is 11.2. The summed E-state index contributed by atoms with van der Waals surface area (Å²) < 4.78 is 11.1. The van der Waals surface area contributed by atoms with Gasteiger partial charge in [0.05, 0.1) is 16.9 Å². The van der Waals surface area contributed by atoms with Gasteiger partial charge in [-0.15, -0.1) is 0 Å². The van der Waals surface area contributed by atoms with Gasteiger partial charge in [0.25, 0.3) is 11.8 Å². The first-order chi connectivity index (χ1) is 15.6. The predicted octanol–water partition coefficient (Wildman–Crippen LogP) is 3.32. The number of benzene rings is 2. The first-order valence-electron chi connectivity index (χ1n) is 9.73. The van der Waals surface area contributed by atoms with Gasteiger partial charge in [-0.1, -0.05) is 25.4 Å². The maximum absolute atomic E-state index is 12.6. The second-order valence-electron chi connectivity index (χ2n) is 7.15. The molecule has 176 valence electrons. The van der Waals surface area contributed by atoms with Crippen LogP contribution in [-0.4, -0.2) is 48.9 Å². The van der Waals surface area contributed by atoms with Crippen LogP contribution in [-0.2, 0) is 9.59 Å². The molecule has 0 saturated carbocycles. The average molecular weight is 588 g/mol. The Morgan fingerprint density at radius 1 is 1.21 bits per heavy atom. The van der Waals surface area contributed by atoms with E-state index in [4.69, 9.17) is 26.2 Å². The molecule has 11 heteroatoms. The number of amides is 2. The van der Waals surface area contributed by atoms with Crippen LogP contribution in [0.5, 0.6) is 11.5 Å². The second-order valence-corrected chi connectivity index (χ2v) is 8.75. The Kier molecular flexibility index (Phi) is 9.92. The Bertz CT molecular complexity index is 1040. The third kappa shape index (κ3) is 7.90. The molecule has 0 bridgehead atoms. The molecular formula is C22H23ClIN3O6. The highest BCUT2D eigenvalue weighted by molar-refractivity contribution is 14.1. The Hall–Kier alpha value is -2.86. The third-order valence-electron chi connectivity index (χ3n) is 4.32. The van der Waals surface area contributed by atoms with Crippen LogP contribution in [0.2, 0.25) is 5.02 Å². The molecule has 3 N–H and O–H groups in total. The number of hydrogen-bond acceptors (Lipinski definition) is 6. The van der Waals surface area contributed by atoms with Crippen molar-refractivity contribution in [3.63, 3.8) is 0 Å². The summed E-state index contributed by atoms with van der Waals surface area (Å²) in [6, 6.07) is 8.81. The SMILES string of the molecule is COc1cc(C=NNC(=O)C(NC(=O)c2ccc(Cl)cc2)C(C)C)cc(I)c1OCC(=O)O. The van der Waals surface area contributed by atoms with Gasteiger partial charge in [0.2, 0.25) is 0 Å². The molecule has 0 spiro atoms. The highest BCUT2D eigenvalue weighted by atomic mass is 127. The van der Waals surface area contributed by atoms with Gasteiger partial charge < -0.3 is 19.9 Å². The molecule has 0 saturated heterocycles. The normalized spacial score (nSPS) is 11.8. The number of carbonyl (C=O) groups is 3. The lowest BCUT2D eigenvalue weighted by Crippen LogP contribution is -2.48. The lowest BCUT2D eigenvalue weighted by atomic mass is 10.0. The molecule has 2 rings (SSSR count). The van der Waals surface area contributed by atoms with E-state index in [2.05, 4.69) is 15.8 Å². The van der Waals surface area contributed by atoms with E-state index < -0.39 is 30.4 Å². The molecular weight excluding hydrogens is 565 g/mol.